The third-order valence-electron chi connectivity index (χ3n) is 5.25. The van der Waals surface area contributed by atoms with Gasteiger partial charge >= 0.3 is 0 Å². The first kappa shape index (κ1) is 24.6. The summed E-state index contributed by atoms with van der Waals surface area (Å²) in [5, 5.41) is 29.0. The lowest BCUT2D eigenvalue weighted by Crippen LogP contribution is -2.40. The quantitative estimate of drug-likeness (QED) is 0.262. The monoisotopic (exact) mass is 386 g/mol. The van der Waals surface area contributed by atoms with Crippen molar-refractivity contribution in [3.8, 4) is 0 Å². The van der Waals surface area contributed by atoms with Crippen LogP contribution in [0.15, 0.2) is 12.2 Å². The number of aliphatic hydroxyl groups is 3. The van der Waals surface area contributed by atoms with Gasteiger partial charge in [-0.1, -0.05) is 69.9 Å². The fourth-order valence-corrected chi connectivity index (χ4v) is 3.49. The van der Waals surface area contributed by atoms with Crippen LogP contribution in [0.4, 0.5) is 0 Å². The molecular weight excluding hydrogens is 344 g/mol. The van der Waals surface area contributed by atoms with Gasteiger partial charge in [0.25, 0.3) is 0 Å². The SMILES string of the molecule is C/C=C/CCCCCCCCCCCCCOC[C@H](O)[C@@H]1OC[C@@H](O)[C@@H]1O. The normalized spacial score (nSPS) is 24.1. The minimum Gasteiger partial charge on any atom is -0.388 e. The van der Waals surface area contributed by atoms with Gasteiger partial charge in [0.15, 0.2) is 0 Å². The molecule has 0 bridgehead atoms. The molecule has 1 aliphatic heterocycles. The Morgan fingerprint density at radius 1 is 0.926 bits per heavy atom. The molecule has 1 aliphatic rings. The highest BCUT2D eigenvalue weighted by molar-refractivity contribution is 4.87. The Kier molecular flexibility index (Phi) is 15.0. The number of hydrogen-bond acceptors (Lipinski definition) is 5. The minimum absolute atomic E-state index is 0.0689. The molecule has 0 saturated carbocycles. The van der Waals surface area contributed by atoms with E-state index in [2.05, 4.69) is 19.1 Å². The fourth-order valence-electron chi connectivity index (χ4n) is 3.49. The summed E-state index contributed by atoms with van der Waals surface area (Å²) in [5.41, 5.74) is 0. The summed E-state index contributed by atoms with van der Waals surface area (Å²) < 4.78 is 10.7. The van der Waals surface area contributed by atoms with E-state index in [1.807, 2.05) is 0 Å². The van der Waals surface area contributed by atoms with E-state index in [0.717, 1.165) is 12.8 Å². The number of rotatable bonds is 17. The van der Waals surface area contributed by atoms with E-state index >= 15 is 0 Å². The lowest BCUT2D eigenvalue weighted by Gasteiger charge is -2.20. The van der Waals surface area contributed by atoms with Crippen molar-refractivity contribution in [3.63, 3.8) is 0 Å². The Morgan fingerprint density at radius 3 is 2.00 bits per heavy atom. The molecule has 0 aliphatic carbocycles. The van der Waals surface area contributed by atoms with Gasteiger partial charge in [-0.25, -0.2) is 0 Å². The van der Waals surface area contributed by atoms with Crippen molar-refractivity contribution in [2.75, 3.05) is 19.8 Å². The fraction of sp³-hybridized carbons (Fsp3) is 0.909. The third kappa shape index (κ3) is 11.9. The number of hydrogen-bond donors (Lipinski definition) is 3. The molecule has 0 radical (unpaired) electrons. The Hall–Kier alpha value is -0.460. The summed E-state index contributed by atoms with van der Waals surface area (Å²) in [6, 6.07) is 0. The smallest absolute Gasteiger partial charge is 0.114 e. The highest BCUT2D eigenvalue weighted by atomic mass is 16.5. The van der Waals surface area contributed by atoms with Gasteiger partial charge in [-0.15, -0.1) is 0 Å². The summed E-state index contributed by atoms with van der Waals surface area (Å²) in [5.74, 6) is 0. The van der Waals surface area contributed by atoms with Crippen LogP contribution in [-0.2, 0) is 9.47 Å². The number of aliphatic hydroxyl groups excluding tert-OH is 3. The highest BCUT2D eigenvalue weighted by Crippen LogP contribution is 2.18. The largest absolute Gasteiger partial charge is 0.388 e. The van der Waals surface area contributed by atoms with Crippen molar-refractivity contribution in [3.05, 3.63) is 12.2 Å². The van der Waals surface area contributed by atoms with E-state index < -0.39 is 24.4 Å². The van der Waals surface area contributed by atoms with Crippen LogP contribution in [0.3, 0.4) is 0 Å². The number of allylic oxidation sites excluding steroid dienone is 2. The van der Waals surface area contributed by atoms with E-state index in [1.165, 1.54) is 64.2 Å². The van der Waals surface area contributed by atoms with Gasteiger partial charge in [0.1, 0.15) is 24.4 Å². The predicted molar refractivity (Wildman–Crippen MR) is 109 cm³/mol. The van der Waals surface area contributed by atoms with Crippen molar-refractivity contribution < 1.29 is 24.8 Å². The molecule has 27 heavy (non-hydrogen) atoms. The Labute approximate surface area is 165 Å². The van der Waals surface area contributed by atoms with Crippen molar-refractivity contribution in [1.82, 2.24) is 0 Å². The van der Waals surface area contributed by atoms with Gasteiger partial charge < -0.3 is 24.8 Å². The summed E-state index contributed by atoms with van der Waals surface area (Å²) in [6.45, 7) is 2.92. The van der Waals surface area contributed by atoms with Crippen molar-refractivity contribution in [2.45, 2.75) is 108 Å². The standard InChI is InChI=1S/C22H42O5/c1-2-3-4-5-6-7-8-9-10-11-12-13-14-15-16-26-17-20(24)22-21(25)19(23)18-27-22/h2-3,19-25H,4-18H2,1H3/b3-2+/t19-,20+,21+,22+/m1/s1. The molecule has 0 aromatic rings. The highest BCUT2D eigenvalue weighted by Gasteiger charge is 2.39. The van der Waals surface area contributed by atoms with Crippen LogP contribution in [0.2, 0.25) is 0 Å². The van der Waals surface area contributed by atoms with Crippen molar-refractivity contribution in [2.24, 2.45) is 0 Å². The molecule has 1 rings (SSSR count). The maximum Gasteiger partial charge on any atom is 0.114 e. The molecule has 5 nitrogen and oxygen atoms in total. The second kappa shape index (κ2) is 16.5. The topological polar surface area (TPSA) is 79.2 Å². The van der Waals surface area contributed by atoms with Gasteiger partial charge in [-0.2, -0.15) is 0 Å². The van der Waals surface area contributed by atoms with Gasteiger partial charge in [0.05, 0.1) is 13.2 Å². The first-order chi connectivity index (χ1) is 13.2. The lowest BCUT2D eigenvalue weighted by molar-refractivity contribution is -0.0813. The third-order valence-corrected chi connectivity index (χ3v) is 5.25. The number of unbranched alkanes of at least 4 members (excludes halogenated alkanes) is 11. The first-order valence-corrected chi connectivity index (χ1v) is 11.0. The summed E-state index contributed by atoms with van der Waals surface area (Å²) in [6.07, 6.45) is 16.3. The van der Waals surface area contributed by atoms with Crippen LogP contribution >= 0.6 is 0 Å². The molecule has 0 spiro atoms. The molecule has 3 N–H and O–H groups in total. The molecule has 0 aromatic heterocycles. The van der Waals surface area contributed by atoms with Crippen LogP contribution < -0.4 is 0 Å². The summed E-state index contributed by atoms with van der Waals surface area (Å²) in [7, 11) is 0. The molecule has 0 unspecified atom stereocenters. The van der Waals surface area contributed by atoms with Crippen molar-refractivity contribution in [1.29, 1.82) is 0 Å². The average Bonchev–Trinajstić information content (AvgIpc) is 3.00. The van der Waals surface area contributed by atoms with Crippen LogP contribution in [-0.4, -0.2) is 59.6 Å². The maximum absolute atomic E-state index is 9.93. The van der Waals surface area contributed by atoms with E-state index in [0.29, 0.717) is 6.61 Å². The zero-order chi connectivity index (χ0) is 19.7. The summed E-state index contributed by atoms with van der Waals surface area (Å²) >= 11 is 0. The lowest BCUT2D eigenvalue weighted by atomic mass is 10.1. The molecular formula is C22H42O5. The van der Waals surface area contributed by atoms with Crippen molar-refractivity contribution >= 4 is 0 Å². The minimum atomic E-state index is -1.03. The van der Waals surface area contributed by atoms with E-state index in [1.54, 1.807) is 0 Å². The molecule has 5 heteroatoms. The van der Waals surface area contributed by atoms with Gasteiger partial charge in [-0.3, -0.25) is 0 Å². The van der Waals surface area contributed by atoms with Crippen LogP contribution in [0.5, 0.6) is 0 Å². The summed E-state index contributed by atoms with van der Waals surface area (Å²) in [4.78, 5) is 0. The molecule has 4 atom stereocenters. The maximum atomic E-state index is 9.93. The van der Waals surface area contributed by atoms with Crippen LogP contribution in [0.1, 0.15) is 84.0 Å². The Balaban J connectivity index is 1.78. The molecule has 1 saturated heterocycles. The van der Waals surface area contributed by atoms with E-state index in [9.17, 15) is 15.3 Å². The molecule has 1 fully saturated rings. The van der Waals surface area contributed by atoms with E-state index in [-0.39, 0.29) is 13.2 Å². The molecule has 1 heterocycles. The first-order valence-electron chi connectivity index (χ1n) is 11.0. The average molecular weight is 387 g/mol. The number of ether oxygens (including phenoxy) is 2. The van der Waals surface area contributed by atoms with Crippen LogP contribution in [0, 0.1) is 0 Å². The van der Waals surface area contributed by atoms with Crippen LogP contribution in [0.25, 0.3) is 0 Å². The molecule has 0 amide bonds. The zero-order valence-corrected chi connectivity index (χ0v) is 17.2. The second-order valence-corrected chi connectivity index (χ2v) is 7.74. The van der Waals surface area contributed by atoms with E-state index in [4.69, 9.17) is 9.47 Å². The zero-order valence-electron chi connectivity index (χ0n) is 17.2. The molecule has 160 valence electrons. The Morgan fingerprint density at radius 2 is 1.48 bits per heavy atom. The van der Waals surface area contributed by atoms with Gasteiger partial charge in [0.2, 0.25) is 0 Å². The Bertz CT molecular complexity index is 361. The predicted octanol–water partition coefficient (Wildman–Crippen LogP) is 3.74. The van der Waals surface area contributed by atoms with Gasteiger partial charge in [0, 0.05) is 6.61 Å². The van der Waals surface area contributed by atoms with Gasteiger partial charge in [-0.05, 0) is 26.2 Å². The second-order valence-electron chi connectivity index (χ2n) is 7.74. The molecule has 0 aromatic carbocycles.